The van der Waals surface area contributed by atoms with Crippen LogP contribution >= 0.6 is 0 Å². The van der Waals surface area contributed by atoms with Gasteiger partial charge in [0.25, 0.3) is 5.91 Å². The molecular weight excluding hydrogens is 226 g/mol. The summed E-state index contributed by atoms with van der Waals surface area (Å²) in [5.41, 5.74) is 7.52. The Hall–Kier alpha value is -1.99. The van der Waals surface area contributed by atoms with Crippen LogP contribution in [0.15, 0.2) is 18.2 Å². The summed E-state index contributed by atoms with van der Waals surface area (Å²) in [6.45, 7) is 3.32. The highest BCUT2D eigenvalue weighted by Crippen LogP contribution is 2.15. The van der Waals surface area contributed by atoms with Crippen LogP contribution in [-0.4, -0.2) is 48.9 Å². The van der Waals surface area contributed by atoms with Crippen LogP contribution in [0.2, 0.25) is 0 Å². The molecule has 18 heavy (non-hydrogen) atoms. The number of anilines is 1. The van der Waals surface area contributed by atoms with Crippen LogP contribution in [-0.2, 0) is 0 Å². The number of piperazine rings is 1. The number of hydrogen-bond donors (Lipinski definition) is 1. The van der Waals surface area contributed by atoms with Gasteiger partial charge in [-0.15, -0.1) is 6.42 Å². The fraction of sp³-hybridized carbons (Fsp3) is 0.357. The van der Waals surface area contributed by atoms with E-state index in [1.54, 1.807) is 18.2 Å². The zero-order valence-corrected chi connectivity index (χ0v) is 10.5. The van der Waals surface area contributed by atoms with Gasteiger partial charge in [-0.25, -0.2) is 0 Å². The van der Waals surface area contributed by atoms with Crippen molar-refractivity contribution in [3.05, 3.63) is 29.3 Å². The van der Waals surface area contributed by atoms with Crippen molar-refractivity contribution in [3.63, 3.8) is 0 Å². The summed E-state index contributed by atoms with van der Waals surface area (Å²) in [5.74, 6) is 2.52. The van der Waals surface area contributed by atoms with Gasteiger partial charge in [0.05, 0.1) is 0 Å². The zero-order chi connectivity index (χ0) is 13.1. The van der Waals surface area contributed by atoms with Crippen LogP contribution in [0, 0.1) is 12.3 Å². The van der Waals surface area contributed by atoms with Crippen LogP contribution in [0.3, 0.4) is 0 Å². The first-order valence-corrected chi connectivity index (χ1v) is 5.96. The molecule has 1 heterocycles. The van der Waals surface area contributed by atoms with Gasteiger partial charge in [0.15, 0.2) is 0 Å². The van der Waals surface area contributed by atoms with Crippen LogP contribution in [0.5, 0.6) is 0 Å². The molecule has 0 aromatic heterocycles. The molecule has 0 radical (unpaired) electrons. The molecule has 0 saturated carbocycles. The molecule has 0 unspecified atom stereocenters. The highest BCUT2D eigenvalue weighted by Gasteiger charge is 2.20. The molecule has 1 aliphatic heterocycles. The minimum atomic E-state index is 0.0263. The lowest BCUT2D eigenvalue weighted by atomic mass is 10.1. The molecule has 2 rings (SSSR count). The van der Waals surface area contributed by atoms with Gasteiger partial charge in [-0.05, 0) is 25.2 Å². The van der Waals surface area contributed by atoms with Crippen molar-refractivity contribution >= 4 is 11.6 Å². The topological polar surface area (TPSA) is 49.6 Å². The largest absolute Gasteiger partial charge is 0.398 e. The van der Waals surface area contributed by atoms with E-state index in [1.807, 2.05) is 4.90 Å². The summed E-state index contributed by atoms with van der Waals surface area (Å²) >= 11 is 0. The number of carbonyl (C=O) groups is 1. The molecule has 1 aliphatic rings. The van der Waals surface area contributed by atoms with Crippen molar-refractivity contribution in [3.8, 4) is 12.3 Å². The average Bonchev–Trinajstić information content (AvgIpc) is 2.38. The summed E-state index contributed by atoms with van der Waals surface area (Å²) in [5, 5.41) is 0. The van der Waals surface area contributed by atoms with E-state index in [0.29, 0.717) is 16.8 Å². The Morgan fingerprint density at radius 3 is 2.56 bits per heavy atom. The minimum absolute atomic E-state index is 0.0263. The third-order valence-electron chi connectivity index (χ3n) is 3.24. The van der Waals surface area contributed by atoms with Gasteiger partial charge in [0.2, 0.25) is 0 Å². The van der Waals surface area contributed by atoms with E-state index >= 15 is 0 Å². The second kappa shape index (κ2) is 5.11. The lowest BCUT2D eigenvalue weighted by Gasteiger charge is -2.32. The maximum Gasteiger partial charge on any atom is 0.254 e. The molecule has 2 N–H and O–H groups in total. The summed E-state index contributed by atoms with van der Waals surface area (Å²) in [6, 6.07) is 5.13. The second-order valence-corrected chi connectivity index (χ2v) is 4.54. The van der Waals surface area contributed by atoms with E-state index in [2.05, 4.69) is 17.9 Å². The summed E-state index contributed by atoms with van der Waals surface area (Å²) < 4.78 is 0. The van der Waals surface area contributed by atoms with E-state index in [0.717, 1.165) is 26.2 Å². The Morgan fingerprint density at radius 1 is 1.33 bits per heavy atom. The van der Waals surface area contributed by atoms with Gasteiger partial charge in [0, 0.05) is 43.0 Å². The van der Waals surface area contributed by atoms with E-state index in [9.17, 15) is 4.79 Å². The fourth-order valence-electron chi connectivity index (χ4n) is 2.02. The van der Waals surface area contributed by atoms with E-state index in [4.69, 9.17) is 12.2 Å². The summed E-state index contributed by atoms with van der Waals surface area (Å²) in [7, 11) is 2.06. The lowest BCUT2D eigenvalue weighted by Crippen LogP contribution is -2.47. The molecule has 4 heteroatoms. The average molecular weight is 243 g/mol. The summed E-state index contributed by atoms with van der Waals surface area (Å²) in [6.07, 6.45) is 5.30. The van der Waals surface area contributed by atoms with Crippen LogP contribution in [0.25, 0.3) is 0 Å². The van der Waals surface area contributed by atoms with Crippen molar-refractivity contribution in [1.82, 2.24) is 9.80 Å². The number of nitrogens with two attached hydrogens (primary N) is 1. The molecule has 4 nitrogen and oxygen atoms in total. The maximum atomic E-state index is 12.3. The van der Waals surface area contributed by atoms with E-state index in [1.165, 1.54) is 0 Å². The third kappa shape index (κ3) is 2.47. The van der Waals surface area contributed by atoms with E-state index < -0.39 is 0 Å². The zero-order valence-electron chi connectivity index (χ0n) is 10.5. The number of nitrogens with zero attached hydrogens (tertiary/aromatic N) is 2. The first-order chi connectivity index (χ1) is 8.61. The van der Waals surface area contributed by atoms with Crippen molar-refractivity contribution in [2.75, 3.05) is 39.0 Å². The van der Waals surface area contributed by atoms with Crippen LogP contribution < -0.4 is 5.73 Å². The smallest absolute Gasteiger partial charge is 0.254 e. The Balaban J connectivity index is 2.14. The first-order valence-electron chi connectivity index (χ1n) is 5.96. The van der Waals surface area contributed by atoms with Gasteiger partial charge in [-0.3, -0.25) is 4.79 Å². The molecule has 1 saturated heterocycles. The van der Waals surface area contributed by atoms with Crippen LogP contribution in [0.1, 0.15) is 15.9 Å². The summed E-state index contributed by atoms with van der Waals surface area (Å²) in [4.78, 5) is 16.3. The fourth-order valence-corrected chi connectivity index (χ4v) is 2.02. The molecule has 0 atom stereocenters. The Bertz CT molecular complexity index is 496. The molecular formula is C14H17N3O. The van der Waals surface area contributed by atoms with E-state index in [-0.39, 0.29) is 5.91 Å². The van der Waals surface area contributed by atoms with Crippen LogP contribution in [0.4, 0.5) is 5.69 Å². The first kappa shape index (κ1) is 12.5. The number of nitrogen functional groups attached to an aromatic ring is 1. The maximum absolute atomic E-state index is 12.3. The number of amides is 1. The Morgan fingerprint density at radius 2 is 2.00 bits per heavy atom. The number of benzene rings is 1. The van der Waals surface area contributed by atoms with Gasteiger partial charge >= 0.3 is 0 Å². The van der Waals surface area contributed by atoms with Gasteiger partial charge in [-0.2, -0.15) is 0 Å². The highest BCUT2D eigenvalue weighted by atomic mass is 16.2. The molecule has 0 aliphatic carbocycles. The molecule has 0 bridgehead atoms. The van der Waals surface area contributed by atoms with Crippen molar-refractivity contribution in [2.45, 2.75) is 0 Å². The van der Waals surface area contributed by atoms with Gasteiger partial charge < -0.3 is 15.5 Å². The standard InChI is InChI=1S/C14H17N3O/c1-3-11-4-5-12(10-13(11)15)14(18)17-8-6-16(2)7-9-17/h1,4-5,10H,6-9,15H2,2H3. The van der Waals surface area contributed by atoms with Crippen molar-refractivity contribution < 1.29 is 4.79 Å². The SMILES string of the molecule is C#Cc1ccc(C(=O)N2CCN(C)CC2)cc1N. The molecule has 1 fully saturated rings. The molecule has 1 amide bonds. The molecule has 1 aromatic carbocycles. The minimum Gasteiger partial charge on any atom is -0.398 e. The molecule has 94 valence electrons. The Kier molecular flexibility index (Phi) is 3.54. The van der Waals surface area contributed by atoms with Crippen molar-refractivity contribution in [2.24, 2.45) is 0 Å². The predicted molar refractivity (Wildman–Crippen MR) is 72.2 cm³/mol. The lowest BCUT2D eigenvalue weighted by molar-refractivity contribution is 0.0664. The number of carbonyl (C=O) groups excluding carboxylic acids is 1. The number of likely N-dealkylation sites (N-methyl/N-ethyl adjacent to an activating group) is 1. The third-order valence-corrected chi connectivity index (χ3v) is 3.24. The monoisotopic (exact) mass is 243 g/mol. The number of terminal acetylenes is 1. The van der Waals surface area contributed by atoms with Crippen molar-refractivity contribution in [1.29, 1.82) is 0 Å². The second-order valence-electron chi connectivity index (χ2n) is 4.54. The molecule has 0 spiro atoms. The quantitative estimate of drug-likeness (QED) is 0.581. The van der Waals surface area contributed by atoms with Gasteiger partial charge in [0.1, 0.15) is 0 Å². The normalized spacial score (nSPS) is 16.3. The van der Waals surface area contributed by atoms with Gasteiger partial charge in [-0.1, -0.05) is 5.92 Å². The number of rotatable bonds is 1. The Labute approximate surface area is 107 Å². The number of hydrogen-bond acceptors (Lipinski definition) is 3. The predicted octanol–water partition coefficient (Wildman–Crippen LogP) is 0.638. The highest BCUT2D eigenvalue weighted by molar-refractivity contribution is 5.95. The molecule has 1 aromatic rings.